The van der Waals surface area contributed by atoms with Gasteiger partial charge in [0.2, 0.25) is 0 Å². The molecule has 0 saturated carbocycles. The first-order valence-electron chi connectivity index (χ1n) is 4.00. The van der Waals surface area contributed by atoms with Crippen LogP contribution in [0, 0.1) is 0 Å². The normalized spacial score (nSPS) is 2.36. The Bertz CT molecular complexity index is 20.8. The third-order valence-electron chi connectivity index (χ3n) is 0. The van der Waals surface area contributed by atoms with E-state index in [-0.39, 0.29) is 91.8 Å². The van der Waals surface area contributed by atoms with Gasteiger partial charge in [-0.3, -0.25) is 0 Å². The summed E-state index contributed by atoms with van der Waals surface area (Å²) in [5.74, 6) is 0. The number of hydrogen-bond acceptors (Lipinski definition) is 0. The topological polar surface area (TPSA) is 0 Å². The molecule has 0 nitrogen and oxygen atoms in total. The van der Waals surface area contributed by atoms with Gasteiger partial charge in [0.05, 0.1) is 0 Å². The molecule has 0 N–H and O–H groups in total. The second kappa shape index (κ2) is 97.9. The molecule has 5 heteroatoms. The fourth-order valence-corrected chi connectivity index (χ4v) is 0. The summed E-state index contributed by atoms with van der Waals surface area (Å²) >= 11 is 2.50. The van der Waals surface area contributed by atoms with E-state index in [0.717, 1.165) is 0 Å². The van der Waals surface area contributed by atoms with Crippen LogP contribution in [0.3, 0.4) is 0 Å². The molecule has 0 atom stereocenters. The Morgan fingerprint density at radius 3 is 0.636 bits per heavy atom. The fraction of sp³-hybridized carbons (Fsp3) is 1.00. The van der Waals surface area contributed by atoms with Crippen molar-refractivity contribution in [2.75, 3.05) is 0 Å². The maximum Gasteiger partial charge on any atom is 0 e. The predicted molar refractivity (Wildman–Crippen MR) is 46.7 cm³/mol. The van der Waals surface area contributed by atoms with Gasteiger partial charge in [-0.15, -0.1) is 0 Å². The largest absolute Gasteiger partial charge is 0 e. The van der Waals surface area contributed by atoms with E-state index in [1.165, 1.54) is 63.2 Å². The smallest absolute Gasteiger partial charge is 0 e. The van der Waals surface area contributed by atoms with Crippen molar-refractivity contribution in [2.45, 2.75) is 41.5 Å². The summed E-state index contributed by atoms with van der Waals surface area (Å²) in [5, 5.41) is 0. The van der Waals surface area contributed by atoms with Crippen molar-refractivity contribution in [3.8, 4) is 0 Å². The van der Waals surface area contributed by atoms with Crippen molar-refractivity contribution in [1.29, 1.82) is 0 Å². The van der Waals surface area contributed by atoms with Crippen molar-refractivity contribution in [2.24, 2.45) is 0 Å². The van der Waals surface area contributed by atoms with E-state index < -0.39 is 0 Å². The molecule has 0 saturated heterocycles. The Labute approximate surface area is 189 Å². The molecule has 0 rings (SSSR count). The molecule has 0 fully saturated rings. The monoisotopic (exact) mass is 336 g/mol. The summed E-state index contributed by atoms with van der Waals surface area (Å²) in [6, 6.07) is 0. The molecule has 0 amide bonds. The molecule has 0 bridgehead atoms. The van der Waals surface area contributed by atoms with E-state index in [0.29, 0.717) is 0 Å². The SMILES string of the molecule is CC.CC.CC.[H-].[K+].[K][K].[Zn].[Zn]. The summed E-state index contributed by atoms with van der Waals surface area (Å²) in [6.07, 6.45) is 0. The minimum Gasteiger partial charge on any atom is 0 e. The summed E-state index contributed by atoms with van der Waals surface area (Å²) in [7, 11) is 0. The van der Waals surface area contributed by atoms with Gasteiger partial charge in [-0.1, -0.05) is 41.5 Å². The van der Waals surface area contributed by atoms with E-state index in [1.807, 2.05) is 41.5 Å². The van der Waals surface area contributed by atoms with E-state index in [4.69, 9.17) is 0 Å². The molecule has 0 unspecified atom stereocenters. The van der Waals surface area contributed by atoms with Crippen LogP contribution >= 0.6 is 0 Å². The quantitative estimate of drug-likeness (QED) is 0.519. The van der Waals surface area contributed by atoms with Gasteiger partial charge in [-0.05, 0) is 0 Å². The third kappa shape index (κ3) is 85.4. The van der Waals surface area contributed by atoms with Crippen molar-refractivity contribution in [3.05, 3.63) is 0 Å². The zero-order chi connectivity index (χ0) is 8.00. The summed E-state index contributed by atoms with van der Waals surface area (Å²) in [4.78, 5) is 0. The van der Waals surface area contributed by atoms with Gasteiger partial charge in [0.15, 0.2) is 0 Å². The summed E-state index contributed by atoms with van der Waals surface area (Å²) in [6.45, 7) is 12.0. The number of hydrogen-bond donors (Lipinski definition) is 0. The molecule has 0 aromatic rings. The second-order valence-electron chi connectivity index (χ2n) is 0. The molecular weight excluding hydrogens is 320 g/mol. The molecule has 50 valence electrons. The number of rotatable bonds is 0. The molecule has 0 aromatic heterocycles. The van der Waals surface area contributed by atoms with Crippen molar-refractivity contribution in [3.63, 3.8) is 0 Å². The molecule has 0 aliphatic rings. The average molecular weight is 339 g/mol. The zero-order valence-corrected chi connectivity index (χ0v) is 25.7. The van der Waals surface area contributed by atoms with Crippen LogP contribution in [0.4, 0.5) is 0 Å². The molecule has 0 aliphatic carbocycles. The van der Waals surface area contributed by atoms with Crippen LogP contribution in [-0.4, -0.2) is 63.2 Å². The maximum atomic E-state index is 2.00. The second-order valence-corrected chi connectivity index (χ2v) is 0. The minimum absolute atomic E-state index is 0. The van der Waals surface area contributed by atoms with Gasteiger partial charge in [0.25, 0.3) is 0 Å². The molecule has 0 spiro atoms. The Morgan fingerprint density at radius 2 is 0.636 bits per heavy atom. The average Bonchev–Trinajstić information content (AvgIpc) is 2.03. The molecule has 0 aromatic carbocycles. The molecule has 11 heavy (non-hydrogen) atoms. The van der Waals surface area contributed by atoms with Crippen LogP contribution in [0.5, 0.6) is 0 Å². The molecular formula is C6H19K3Zn2. The van der Waals surface area contributed by atoms with Gasteiger partial charge >= 0.3 is 115 Å². The van der Waals surface area contributed by atoms with Crippen LogP contribution in [0.15, 0.2) is 0 Å². The van der Waals surface area contributed by atoms with Crippen LogP contribution in [0.2, 0.25) is 0 Å². The van der Waals surface area contributed by atoms with Crippen LogP contribution < -0.4 is 51.4 Å². The summed E-state index contributed by atoms with van der Waals surface area (Å²) < 4.78 is 0. The Kier molecular flexibility index (Phi) is 387. The van der Waals surface area contributed by atoms with Crippen LogP contribution in [0.25, 0.3) is 0 Å². The van der Waals surface area contributed by atoms with E-state index in [2.05, 4.69) is 0 Å². The van der Waals surface area contributed by atoms with Gasteiger partial charge in [0.1, 0.15) is 0 Å². The Hall–Kier alpha value is 6.16. The molecule has 0 radical (unpaired) electrons. The van der Waals surface area contributed by atoms with Gasteiger partial charge in [0, 0.05) is 39.0 Å². The Morgan fingerprint density at radius 1 is 0.636 bits per heavy atom. The first-order valence-corrected chi connectivity index (χ1v) is 20.0. The first-order chi connectivity index (χ1) is 4.00. The first kappa shape index (κ1) is 43.4. The molecule has 0 heterocycles. The van der Waals surface area contributed by atoms with E-state index in [1.54, 1.807) is 0 Å². The minimum atomic E-state index is 0. The molecule has 0 aliphatic heterocycles. The van der Waals surface area contributed by atoms with Crippen LogP contribution in [-0.2, 0) is 39.0 Å². The van der Waals surface area contributed by atoms with Gasteiger partial charge in [-0.25, -0.2) is 0 Å². The van der Waals surface area contributed by atoms with Gasteiger partial charge in [-0.2, -0.15) is 0 Å². The zero-order valence-electron chi connectivity index (χ0n) is 11.4. The van der Waals surface area contributed by atoms with Gasteiger partial charge < -0.3 is 1.43 Å². The third-order valence-corrected chi connectivity index (χ3v) is 0. The maximum absolute atomic E-state index is 2.00. The van der Waals surface area contributed by atoms with E-state index in [9.17, 15) is 0 Å². The van der Waals surface area contributed by atoms with Crippen molar-refractivity contribution < 1.29 is 91.8 Å². The van der Waals surface area contributed by atoms with Crippen LogP contribution in [0.1, 0.15) is 43.0 Å². The van der Waals surface area contributed by atoms with E-state index >= 15 is 0 Å². The fourth-order valence-electron chi connectivity index (χ4n) is 0. The van der Waals surface area contributed by atoms with Crippen molar-refractivity contribution >= 4 is 63.2 Å². The predicted octanol–water partition coefficient (Wildman–Crippen LogP) is -0.571. The summed E-state index contributed by atoms with van der Waals surface area (Å²) in [5.41, 5.74) is 0. The Balaban J connectivity index is -0.00000000267. The van der Waals surface area contributed by atoms with Crippen molar-refractivity contribution in [1.82, 2.24) is 0 Å². The standard InChI is InChI=1S/3C2H6.3K.2Zn.H/c3*1-2;;;;;;/h3*1-2H3;;;;;;/q;;;;;+1;;;-1.